The van der Waals surface area contributed by atoms with Gasteiger partial charge >= 0.3 is 0 Å². The van der Waals surface area contributed by atoms with Gasteiger partial charge in [-0.05, 0) is 31.0 Å². The number of ether oxygens (including phenoxy) is 1. The zero-order valence-electron chi connectivity index (χ0n) is 15.7. The molecule has 1 saturated heterocycles. The number of guanidine groups is 1. The number of pyridine rings is 1. The highest BCUT2D eigenvalue weighted by Gasteiger charge is 2.24. The Balaban J connectivity index is 1.43. The second-order valence-corrected chi connectivity index (χ2v) is 6.77. The molecular weight excluding hydrogens is 324 g/mol. The molecule has 1 aromatic heterocycles. The number of benzene rings is 1. The maximum absolute atomic E-state index is 5.91. The molecule has 5 nitrogen and oxygen atoms in total. The first-order chi connectivity index (χ1) is 12.7. The van der Waals surface area contributed by atoms with E-state index in [4.69, 9.17) is 4.74 Å². The predicted molar refractivity (Wildman–Crippen MR) is 105 cm³/mol. The van der Waals surface area contributed by atoms with Crippen LogP contribution in [0.15, 0.2) is 53.5 Å². The molecule has 0 radical (unpaired) electrons. The molecule has 0 amide bonds. The topological polar surface area (TPSA) is 49.8 Å². The van der Waals surface area contributed by atoms with Crippen LogP contribution in [0.2, 0.25) is 0 Å². The molecule has 1 atom stereocenters. The first-order valence-electron chi connectivity index (χ1n) is 9.24. The number of aliphatic imine (C=N–C) groups is 1. The number of hydrogen-bond donors (Lipinski definition) is 1. The van der Waals surface area contributed by atoms with Gasteiger partial charge in [-0.15, -0.1) is 0 Å². The molecule has 0 saturated carbocycles. The van der Waals surface area contributed by atoms with E-state index in [9.17, 15) is 0 Å². The van der Waals surface area contributed by atoms with Crippen LogP contribution in [0.4, 0.5) is 0 Å². The predicted octanol–water partition coefficient (Wildman–Crippen LogP) is 3.00. The molecule has 1 N–H and O–H groups in total. The minimum Gasteiger partial charge on any atom is -0.376 e. The monoisotopic (exact) mass is 352 g/mol. The van der Waals surface area contributed by atoms with E-state index in [1.807, 2.05) is 38.2 Å². The quantitative estimate of drug-likeness (QED) is 0.641. The summed E-state index contributed by atoms with van der Waals surface area (Å²) >= 11 is 0. The molecule has 1 aliphatic rings. The summed E-state index contributed by atoms with van der Waals surface area (Å²) in [4.78, 5) is 11.3. The van der Waals surface area contributed by atoms with Crippen molar-refractivity contribution in [3.63, 3.8) is 0 Å². The summed E-state index contributed by atoms with van der Waals surface area (Å²) in [6, 6.07) is 16.4. The zero-order chi connectivity index (χ0) is 18.2. The van der Waals surface area contributed by atoms with Crippen molar-refractivity contribution in [2.24, 2.45) is 10.9 Å². The second-order valence-electron chi connectivity index (χ2n) is 6.77. The summed E-state index contributed by atoms with van der Waals surface area (Å²) in [6.45, 7) is 6.18. The normalized spacial score (nSPS) is 17.5. The lowest BCUT2D eigenvalue weighted by molar-refractivity contribution is 0.0906. The SMILES string of the molecule is CN=C(NCc1cccc(C)n1)N1CCC(COCc2ccccc2)C1. The summed E-state index contributed by atoms with van der Waals surface area (Å²) in [5.74, 6) is 1.49. The number of likely N-dealkylation sites (tertiary alicyclic amines) is 1. The molecule has 1 unspecified atom stereocenters. The van der Waals surface area contributed by atoms with E-state index in [1.54, 1.807) is 0 Å². The number of hydrogen-bond acceptors (Lipinski definition) is 3. The molecule has 138 valence electrons. The lowest BCUT2D eigenvalue weighted by atomic mass is 10.1. The van der Waals surface area contributed by atoms with Crippen molar-refractivity contribution in [2.45, 2.75) is 26.5 Å². The van der Waals surface area contributed by atoms with Gasteiger partial charge in [0.1, 0.15) is 0 Å². The van der Waals surface area contributed by atoms with E-state index < -0.39 is 0 Å². The van der Waals surface area contributed by atoms with E-state index in [0.717, 1.165) is 43.5 Å². The van der Waals surface area contributed by atoms with E-state index in [2.05, 4.69) is 44.5 Å². The van der Waals surface area contributed by atoms with Gasteiger partial charge in [0.25, 0.3) is 0 Å². The highest BCUT2D eigenvalue weighted by molar-refractivity contribution is 5.80. The van der Waals surface area contributed by atoms with Crippen molar-refractivity contribution >= 4 is 5.96 Å². The maximum Gasteiger partial charge on any atom is 0.193 e. The van der Waals surface area contributed by atoms with Gasteiger partial charge in [-0.1, -0.05) is 36.4 Å². The Labute approximate surface area is 156 Å². The van der Waals surface area contributed by atoms with Crippen molar-refractivity contribution in [3.8, 4) is 0 Å². The number of nitrogens with zero attached hydrogens (tertiary/aromatic N) is 3. The van der Waals surface area contributed by atoms with Gasteiger partial charge < -0.3 is 15.0 Å². The van der Waals surface area contributed by atoms with Crippen molar-refractivity contribution in [1.82, 2.24) is 15.2 Å². The van der Waals surface area contributed by atoms with E-state index in [-0.39, 0.29) is 0 Å². The summed E-state index contributed by atoms with van der Waals surface area (Å²) < 4.78 is 5.91. The van der Waals surface area contributed by atoms with Crippen molar-refractivity contribution in [2.75, 3.05) is 26.7 Å². The third-order valence-corrected chi connectivity index (χ3v) is 4.64. The molecule has 2 heterocycles. The molecule has 1 aliphatic heterocycles. The second kappa shape index (κ2) is 9.34. The Hall–Kier alpha value is -2.40. The van der Waals surface area contributed by atoms with Crippen LogP contribution in [0, 0.1) is 12.8 Å². The minimum atomic E-state index is 0.550. The highest BCUT2D eigenvalue weighted by Crippen LogP contribution is 2.17. The minimum absolute atomic E-state index is 0.550. The Bertz CT molecular complexity index is 717. The fourth-order valence-corrected chi connectivity index (χ4v) is 3.28. The van der Waals surface area contributed by atoms with Gasteiger partial charge in [0.2, 0.25) is 0 Å². The molecule has 1 aromatic carbocycles. The average molecular weight is 352 g/mol. The smallest absolute Gasteiger partial charge is 0.193 e. The lowest BCUT2D eigenvalue weighted by Gasteiger charge is -2.21. The van der Waals surface area contributed by atoms with Crippen LogP contribution in [0.25, 0.3) is 0 Å². The summed E-state index contributed by atoms with van der Waals surface area (Å²) in [7, 11) is 1.84. The van der Waals surface area contributed by atoms with Gasteiger partial charge in [-0.2, -0.15) is 0 Å². The molecule has 5 heteroatoms. The van der Waals surface area contributed by atoms with E-state index in [1.165, 1.54) is 5.56 Å². The van der Waals surface area contributed by atoms with Crippen LogP contribution in [0.5, 0.6) is 0 Å². The molecule has 3 rings (SSSR count). The van der Waals surface area contributed by atoms with Crippen LogP contribution >= 0.6 is 0 Å². The molecule has 1 fully saturated rings. The number of nitrogens with one attached hydrogen (secondary N) is 1. The summed E-state index contributed by atoms with van der Waals surface area (Å²) in [5.41, 5.74) is 3.30. The van der Waals surface area contributed by atoms with Gasteiger partial charge in [-0.3, -0.25) is 9.98 Å². The van der Waals surface area contributed by atoms with Crippen LogP contribution in [0.3, 0.4) is 0 Å². The molecule has 26 heavy (non-hydrogen) atoms. The summed E-state index contributed by atoms with van der Waals surface area (Å²) in [6.07, 6.45) is 1.14. The van der Waals surface area contributed by atoms with Gasteiger partial charge in [0.15, 0.2) is 5.96 Å². The third-order valence-electron chi connectivity index (χ3n) is 4.64. The Kier molecular flexibility index (Phi) is 6.61. The Morgan fingerprint density at radius 1 is 1.23 bits per heavy atom. The fraction of sp³-hybridized carbons (Fsp3) is 0.429. The number of rotatable bonds is 6. The van der Waals surface area contributed by atoms with E-state index in [0.29, 0.717) is 19.1 Å². The number of aryl methyl sites for hydroxylation is 1. The molecule has 0 aliphatic carbocycles. The Morgan fingerprint density at radius 2 is 2.08 bits per heavy atom. The van der Waals surface area contributed by atoms with Crippen LogP contribution in [0.1, 0.15) is 23.4 Å². The van der Waals surface area contributed by atoms with Gasteiger partial charge in [-0.25, -0.2) is 0 Å². The first-order valence-corrected chi connectivity index (χ1v) is 9.24. The highest BCUT2D eigenvalue weighted by atomic mass is 16.5. The lowest BCUT2D eigenvalue weighted by Crippen LogP contribution is -2.40. The van der Waals surface area contributed by atoms with Crippen molar-refractivity contribution < 1.29 is 4.74 Å². The fourth-order valence-electron chi connectivity index (χ4n) is 3.28. The van der Waals surface area contributed by atoms with Crippen LogP contribution in [-0.4, -0.2) is 42.6 Å². The Morgan fingerprint density at radius 3 is 2.85 bits per heavy atom. The van der Waals surface area contributed by atoms with Crippen LogP contribution in [-0.2, 0) is 17.9 Å². The molecule has 2 aromatic rings. The summed E-state index contributed by atoms with van der Waals surface area (Å²) in [5, 5.41) is 3.43. The number of aromatic nitrogens is 1. The van der Waals surface area contributed by atoms with Crippen LogP contribution < -0.4 is 5.32 Å². The van der Waals surface area contributed by atoms with Gasteiger partial charge in [0, 0.05) is 31.7 Å². The largest absolute Gasteiger partial charge is 0.376 e. The van der Waals surface area contributed by atoms with Crippen molar-refractivity contribution in [3.05, 3.63) is 65.5 Å². The molecular formula is C21H28N4O. The standard InChI is InChI=1S/C21H28N4O/c1-17-7-6-10-20(24-17)13-23-21(22-2)25-12-11-19(14-25)16-26-15-18-8-4-3-5-9-18/h3-10,19H,11-16H2,1-2H3,(H,22,23). The first kappa shape index (κ1) is 18.4. The molecule has 0 spiro atoms. The molecule has 0 bridgehead atoms. The average Bonchev–Trinajstić information content (AvgIpc) is 3.12. The third kappa shape index (κ3) is 5.30. The zero-order valence-corrected chi connectivity index (χ0v) is 15.7. The maximum atomic E-state index is 5.91. The van der Waals surface area contributed by atoms with Crippen molar-refractivity contribution in [1.29, 1.82) is 0 Å². The van der Waals surface area contributed by atoms with E-state index >= 15 is 0 Å². The van der Waals surface area contributed by atoms with Gasteiger partial charge in [0.05, 0.1) is 25.5 Å².